The molecule has 0 saturated carbocycles. The van der Waals surface area contributed by atoms with E-state index in [0.29, 0.717) is 0 Å². The van der Waals surface area contributed by atoms with E-state index in [1.807, 2.05) is 13.8 Å². The highest BCUT2D eigenvalue weighted by molar-refractivity contribution is 9.11. The number of rotatable bonds is 0. The predicted molar refractivity (Wildman–Crippen MR) is 62.7 cm³/mol. The summed E-state index contributed by atoms with van der Waals surface area (Å²) in [7, 11) is 0. The molecule has 0 aromatic heterocycles. The van der Waals surface area contributed by atoms with Crippen LogP contribution in [0.15, 0.2) is 21.1 Å². The minimum absolute atomic E-state index is 1.17. The molecule has 0 nitrogen and oxygen atoms in total. The van der Waals surface area contributed by atoms with Gasteiger partial charge in [0.2, 0.25) is 0 Å². The molecule has 0 amide bonds. The van der Waals surface area contributed by atoms with Crippen molar-refractivity contribution in [2.24, 2.45) is 0 Å². The second kappa shape index (κ2) is 5.76. The molecule has 0 aliphatic rings. The van der Waals surface area contributed by atoms with E-state index in [9.17, 15) is 0 Å². The Bertz CT molecular complexity index is 231. The Labute approximate surface area is 91.6 Å². The molecule has 0 unspecified atom stereocenters. The Balaban J connectivity index is 0.000000561. The summed E-state index contributed by atoms with van der Waals surface area (Å²) in [6, 6.07) is 4.22. The molecule has 1 aromatic rings. The van der Waals surface area contributed by atoms with Crippen molar-refractivity contribution in [2.75, 3.05) is 0 Å². The summed E-state index contributed by atoms with van der Waals surface area (Å²) in [5.41, 5.74) is 2.52. The zero-order valence-electron chi connectivity index (χ0n) is 7.91. The van der Waals surface area contributed by atoms with Gasteiger partial charge in [0, 0.05) is 8.95 Å². The van der Waals surface area contributed by atoms with Crippen LogP contribution in [-0.4, -0.2) is 0 Å². The van der Waals surface area contributed by atoms with Crippen molar-refractivity contribution in [3.63, 3.8) is 0 Å². The summed E-state index contributed by atoms with van der Waals surface area (Å²) in [6.45, 7) is 8.16. The van der Waals surface area contributed by atoms with Crippen molar-refractivity contribution in [3.05, 3.63) is 32.2 Å². The van der Waals surface area contributed by atoms with E-state index >= 15 is 0 Å². The zero-order valence-corrected chi connectivity index (χ0v) is 11.1. The first kappa shape index (κ1) is 12.2. The van der Waals surface area contributed by atoms with Crippen LogP contribution in [0.3, 0.4) is 0 Å². The molecule has 0 radical (unpaired) electrons. The lowest BCUT2D eigenvalue weighted by molar-refractivity contribution is 1.34. The van der Waals surface area contributed by atoms with E-state index in [-0.39, 0.29) is 0 Å². The van der Waals surface area contributed by atoms with Crippen molar-refractivity contribution in [2.45, 2.75) is 27.7 Å². The SMILES string of the molecule is CC.Cc1cc(Br)c(C)c(Br)c1. The highest BCUT2D eigenvalue weighted by Crippen LogP contribution is 2.25. The third-order valence-corrected chi connectivity index (χ3v) is 3.07. The normalized spacial score (nSPS) is 8.83. The number of aryl methyl sites for hydroxylation is 1. The molecule has 0 heterocycles. The lowest BCUT2D eigenvalue weighted by Crippen LogP contribution is -1.80. The van der Waals surface area contributed by atoms with E-state index in [0.717, 1.165) is 0 Å². The maximum atomic E-state index is 3.47. The van der Waals surface area contributed by atoms with Gasteiger partial charge in [-0.1, -0.05) is 45.7 Å². The van der Waals surface area contributed by atoms with E-state index in [1.165, 1.54) is 20.1 Å². The maximum absolute atomic E-state index is 3.47. The van der Waals surface area contributed by atoms with Crippen LogP contribution in [0.25, 0.3) is 0 Å². The number of benzene rings is 1. The van der Waals surface area contributed by atoms with Gasteiger partial charge < -0.3 is 0 Å². The lowest BCUT2D eigenvalue weighted by Gasteiger charge is -2.01. The van der Waals surface area contributed by atoms with Crippen molar-refractivity contribution < 1.29 is 0 Å². The highest BCUT2D eigenvalue weighted by atomic mass is 79.9. The van der Waals surface area contributed by atoms with Crippen LogP contribution in [0.1, 0.15) is 25.0 Å². The fourth-order valence-electron chi connectivity index (χ4n) is 0.772. The van der Waals surface area contributed by atoms with Gasteiger partial charge in [0.1, 0.15) is 0 Å². The molecule has 0 atom stereocenters. The monoisotopic (exact) mass is 292 g/mol. The van der Waals surface area contributed by atoms with E-state index < -0.39 is 0 Å². The molecular weight excluding hydrogens is 280 g/mol. The molecule has 0 N–H and O–H groups in total. The molecule has 12 heavy (non-hydrogen) atoms. The molecule has 1 rings (SSSR count). The molecular formula is C10H14Br2. The van der Waals surface area contributed by atoms with Crippen LogP contribution < -0.4 is 0 Å². The molecule has 0 saturated heterocycles. The molecule has 0 spiro atoms. The summed E-state index contributed by atoms with van der Waals surface area (Å²) >= 11 is 6.93. The van der Waals surface area contributed by atoms with Crippen LogP contribution in [0.5, 0.6) is 0 Å². The zero-order chi connectivity index (χ0) is 9.72. The molecule has 0 aliphatic carbocycles. The summed E-state index contributed by atoms with van der Waals surface area (Å²) < 4.78 is 2.33. The Morgan fingerprint density at radius 2 is 1.25 bits per heavy atom. The fourth-order valence-corrected chi connectivity index (χ4v) is 2.19. The first-order chi connectivity index (χ1) is 5.61. The van der Waals surface area contributed by atoms with Gasteiger partial charge in [-0.3, -0.25) is 0 Å². The lowest BCUT2D eigenvalue weighted by atomic mass is 10.2. The van der Waals surface area contributed by atoms with Crippen LogP contribution in [0, 0.1) is 13.8 Å². The predicted octanol–water partition coefficient (Wildman–Crippen LogP) is 4.85. The van der Waals surface area contributed by atoms with Crippen molar-refractivity contribution in [1.29, 1.82) is 0 Å². The van der Waals surface area contributed by atoms with E-state index in [2.05, 4.69) is 57.8 Å². The fraction of sp³-hybridized carbons (Fsp3) is 0.400. The number of halogens is 2. The van der Waals surface area contributed by atoms with Crippen LogP contribution in [0.2, 0.25) is 0 Å². The summed E-state index contributed by atoms with van der Waals surface area (Å²) in [5, 5.41) is 0. The second-order valence-corrected chi connectivity index (χ2v) is 4.06. The topological polar surface area (TPSA) is 0 Å². The quantitative estimate of drug-likeness (QED) is 0.641. The smallest absolute Gasteiger partial charge is 0.0218 e. The first-order valence-corrected chi connectivity index (χ1v) is 5.62. The van der Waals surface area contributed by atoms with Gasteiger partial charge in [-0.2, -0.15) is 0 Å². The molecule has 68 valence electrons. The van der Waals surface area contributed by atoms with Gasteiger partial charge in [-0.15, -0.1) is 0 Å². The van der Waals surface area contributed by atoms with Gasteiger partial charge in [0.15, 0.2) is 0 Å². The average molecular weight is 294 g/mol. The molecule has 0 fully saturated rings. The van der Waals surface area contributed by atoms with Crippen molar-refractivity contribution >= 4 is 31.9 Å². The summed E-state index contributed by atoms with van der Waals surface area (Å²) in [6.07, 6.45) is 0. The molecule has 1 aromatic carbocycles. The Kier molecular flexibility index (Phi) is 5.85. The Morgan fingerprint density at radius 1 is 0.917 bits per heavy atom. The second-order valence-electron chi connectivity index (χ2n) is 2.35. The molecule has 2 heteroatoms. The number of hydrogen-bond acceptors (Lipinski definition) is 0. The molecule has 0 aliphatic heterocycles. The van der Waals surface area contributed by atoms with Crippen LogP contribution in [0.4, 0.5) is 0 Å². The standard InChI is InChI=1S/C8H8Br2.C2H6/c1-5-3-7(9)6(2)8(10)4-5;1-2/h3-4H,1-2H3;1-2H3. The van der Waals surface area contributed by atoms with E-state index in [4.69, 9.17) is 0 Å². The van der Waals surface area contributed by atoms with E-state index in [1.54, 1.807) is 0 Å². The third kappa shape index (κ3) is 3.28. The van der Waals surface area contributed by atoms with Gasteiger partial charge in [0.05, 0.1) is 0 Å². The van der Waals surface area contributed by atoms with Crippen molar-refractivity contribution in [3.8, 4) is 0 Å². The largest absolute Gasteiger partial charge is 0.0683 e. The van der Waals surface area contributed by atoms with Crippen molar-refractivity contribution in [1.82, 2.24) is 0 Å². The first-order valence-electron chi connectivity index (χ1n) is 4.03. The average Bonchev–Trinajstić information content (AvgIpc) is 2.04. The van der Waals surface area contributed by atoms with Gasteiger partial charge in [-0.05, 0) is 37.1 Å². The highest BCUT2D eigenvalue weighted by Gasteiger charge is 1.98. The van der Waals surface area contributed by atoms with Gasteiger partial charge in [-0.25, -0.2) is 0 Å². The van der Waals surface area contributed by atoms with Gasteiger partial charge in [0.25, 0.3) is 0 Å². The minimum atomic E-state index is 1.17. The van der Waals surface area contributed by atoms with Gasteiger partial charge >= 0.3 is 0 Å². The molecule has 0 bridgehead atoms. The van der Waals surface area contributed by atoms with Crippen LogP contribution in [-0.2, 0) is 0 Å². The number of hydrogen-bond donors (Lipinski definition) is 0. The summed E-state index contributed by atoms with van der Waals surface area (Å²) in [4.78, 5) is 0. The Hall–Kier alpha value is 0.180. The Morgan fingerprint density at radius 3 is 1.58 bits per heavy atom. The summed E-state index contributed by atoms with van der Waals surface area (Å²) in [5.74, 6) is 0. The minimum Gasteiger partial charge on any atom is -0.0683 e. The maximum Gasteiger partial charge on any atom is 0.0218 e. The third-order valence-electron chi connectivity index (χ3n) is 1.43. The van der Waals surface area contributed by atoms with Crippen LogP contribution >= 0.6 is 31.9 Å².